The van der Waals surface area contributed by atoms with E-state index >= 15 is 0 Å². The molecule has 1 saturated carbocycles. The molecule has 1 aromatic heterocycles. The van der Waals surface area contributed by atoms with E-state index in [2.05, 4.69) is 10.4 Å². The SMILES string of the molecule is CC(N)(CO)Cc1csc(C2CC2)n1. The first-order valence-electron chi connectivity index (χ1n) is 4.95. The summed E-state index contributed by atoms with van der Waals surface area (Å²) in [5.41, 5.74) is 6.35. The van der Waals surface area contributed by atoms with Crippen LogP contribution in [0.3, 0.4) is 0 Å². The number of hydrogen-bond donors (Lipinski definition) is 2. The minimum absolute atomic E-state index is 0.00326. The molecule has 1 heterocycles. The van der Waals surface area contributed by atoms with Gasteiger partial charge < -0.3 is 10.8 Å². The first-order valence-corrected chi connectivity index (χ1v) is 5.83. The molecule has 3 nitrogen and oxygen atoms in total. The average Bonchev–Trinajstić information content (AvgIpc) is 2.89. The third kappa shape index (κ3) is 2.32. The number of nitrogens with two attached hydrogens (primary N) is 1. The molecular formula is C10H16N2OS. The summed E-state index contributed by atoms with van der Waals surface area (Å²) in [7, 11) is 0. The first kappa shape index (κ1) is 10.1. The molecule has 0 bridgehead atoms. The molecule has 1 aliphatic rings. The number of aliphatic hydroxyl groups excluding tert-OH is 1. The Morgan fingerprint density at radius 3 is 3.00 bits per heavy atom. The zero-order valence-electron chi connectivity index (χ0n) is 8.36. The predicted octanol–water partition coefficient (Wildman–Crippen LogP) is 1.27. The Balaban J connectivity index is 2.02. The molecule has 14 heavy (non-hydrogen) atoms. The molecule has 78 valence electrons. The van der Waals surface area contributed by atoms with Gasteiger partial charge in [-0.15, -0.1) is 11.3 Å². The second kappa shape index (κ2) is 3.61. The van der Waals surface area contributed by atoms with E-state index in [9.17, 15) is 0 Å². The van der Waals surface area contributed by atoms with E-state index in [1.54, 1.807) is 11.3 Å². The molecule has 3 N–H and O–H groups in total. The first-order chi connectivity index (χ1) is 6.61. The smallest absolute Gasteiger partial charge is 0.0959 e. The van der Waals surface area contributed by atoms with Gasteiger partial charge in [-0.25, -0.2) is 4.98 Å². The monoisotopic (exact) mass is 212 g/mol. The minimum atomic E-state index is -0.533. The van der Waals surface area contributed by atoms with Crippen LogP contribution in [0, 0.1) is 0 Å². The number of aliphatic hydroxyl groups is 1. The molecule has 4 heteroatoms. The largest absolute Gasteiger partial charge is 0.394 e. The number of thiazole rings is 1. The number of rotatable bonds is 4. The third-order valence-corrected chi connectivity index (χ3v) is 3.50. The van der Waals surface area contributed by atoms with Crippen molar-refractivity contribution in [2.75, 3.05) is 6.61 Å². The van der Waals surface area contributed by atoms with Crippen LogP contribution in [-0.2, 0) is 6.42 Å². The lowest BCUT2D eigenvalue weighted by Crippen LogP contribution is -2.42. The van der Waals surface area contributed by atoms with Crippen LogP contribution in [0.4, 0.5) is 0 Å². The molecule has 0 radical (unpaired) electrons. The Labute approximate surface area is 88.0 Å². The molecule has 1 aromatic rings. The van der Waals surface area contributed by atoms with Gasteiger partial charge in [0.05, 0.1) is 17.3 Å². The maximum atomic E-state index is 9.03. The number of aromatic nitrogens is 1. The highest BCUT2D eigenvalue weighted by atomic mass is 32.1. The van der Waals surface area contributed by atoms with Gasteiger partial charge in [0.25, 0.3) is 0 Å². The Bertz CT molecular complexity index is 318. The van der Waals surface area contributed by atoms with Crippen molar-refractivity contribution in [1.29, 1.82) is 0 Å². The van der Waals surface area contributed by atoms with Gasteiger partial charge in [-0.3, -0.25) is 0 Å². The molecule has 1 unspecified atom stereocenters. The number of hydrogen-bond acceptors (Lipinski definition) is 4. The van der Waals surface area contributed by atoms with Crippen LogP contribution in [0.2, 0.25) is 0 Å². The van der Waals surface area contributed by atoms with Crippen molar-refractivity contribution in [3.8, 4) is 0 Å². The van der Waals surface area contributed by atoms with Crippen molar-refractivity contribution in [2.45, 2.75) is 37.6 Å². The minimum Gasteiger partial charge on any atom is -0.394 e. The van der Waals surface area contributed by atoms with Crippen molar-refractivity contribution >= 4 is 11.3 Å². The fourth-order valence-electron chi connectivity index (χ4n) is 1.39. The van der Waals surface area contributed by atoms with E-state index in [-0.39, 0.29) is 6.61 Å². The van der Waals surface area contributed by atoms with E-state index in [1.807, 2.05) is 6.92 Å². The standard InChI is InChI=1S/C10H16N2OS/c1-10(11,6-13)4-8-5-14-9(12-8)7-2-3-7/h5,7,13H,2-4,6,11H2,1H3. The van der Waals surface area contributed by atoms with E-state index in [4.69, 9.17) is 10.8 Å². The quantitative estimate of drug-likeness (QED) is 0.790. The summed E-state index contributed by atoms with van der Waals surface area (Å²) >= 11 is 1.72. The number of nitrogens with zero attached hydrogens (tertiary/aromatic N) is 1. The van der Waals surface area contributed by atoms with Crippen LogP contribution in [0.25, 0.3) is 0 Å². The molecule has 1 atom stereocenters. The van der Waals surface area contributed by atoms with Gasteiger partial charge in [-0.1, -0.05) is 0 Å². The van der Waals surface area contributed by atoms with Crippen LogP contribution >= 0.6 is 11.3 Å². The summed E-state index contributed by atoms with van der Waals surface area (Å²) in [6.45, 7) is 1.85. The van der Waals surface area contributed by atoms with E-state index in [0.717, 1.165) is 5.69 Å². The summed E-state index contributed by atoms with van der Waals surface area (Å²) in [5, 5.41) is 12.3. The maximum absolute atomic E-state index is 9.03. The van der Waals surface area contributed by atoms with E-state index in [1.165, 1.54) is 17.8 Å². The fraction of sp³-hybridized carbons (Fsp3) is 0.700. The highest BCUT2D eigenvalue weighted by Crippen LogP contribution is 2.41. The van der Waals surface area contributed by atoms with Crippen molar-refractivity contribution in [1.82, 2.24) is 4.98 Å². The van der Waals surface area contributed by atoms with Crippen LogP contribution < -0.4 is 5.73 Å². The summed E-state index contributed by atoms with van der Waals surface area (Å²) < 4.78 is 0. The van der Waals surface area contributed by atoms with Crippen LogP contribution in [-0.4, -0.2) is 22.2 Å². The molecular weight excluding hydrogens is 196 g/mol. The van der Waals surface area contributed by atoms with Crippen LogP contribution in [0.5, 0.6) is 0 Å². The summed E-state index contributed by atoms with van der Waals surface area (Å²) in [6, 6.07) is 0. The van der Waals surface area contributed by atoms with Gasteiger partial charge in [0, 0.05) is 23.3 Å². The second-order valence-electron chi connectivity index (χ2n) is 4.44. The molecule has 0 amide bonds. The zero-order chi connectivity index (χ0) is 10.2. The molecule has 0 spiro atoms. The molecule has 1 aliphatic carbocycles. The molecule has 0 aromatic carbocycles. The van der Waals surface area contributed by atoms with Gasteiger partial charge in [-0.05, 0) is 19.8 Å². The van der Waals surface area contributed by atoms with Gasteiger partial charge in [0.15, 0.2) is 0 Å². The third-order valence-electron chi connectivity index (χ3n) is 2.44. The normalized spacial score (nSPS) is 20.8. The summed E-state index contributed by atoms with van der Waals surface area (Å²) in [5.74, 6) is 0.715. The average molecular weight is 212 g/mol. The van der Waals surface area contributed by atoms with Crippen LogP contribution in [0.15, 0.2) is 5.38 Å². The Morgan fingerprint density at radius 1 is 1.71 bits per heavy atom. The Hall–Kier alpha value is -0.450. The van der Waals surface area contributed by atoms with Gasteiger partial charge in [0.2, 0.25) is 0 Å². The molecule has 0 saturated heterocycles. The van der Waals surface area contributed by atoms with Crippen molar-refractivity contribution in [3.05, 3.63) is 16.1 Å². The fourth-order valence-corrected chi connectivity index (χ4v) is 2.38. The lowest BCUT2D eigenvalue weighted by atomic mass is 9.99. The van der Waals surface area contributed by atoms with Crippen molar-refractivity contribution in [2.24, 2.45) is 5.73 Å². The molecule has 1 fully saturated rings. The second-order valence-corrected chi connectivity index (χ2v) is 5.33. The predicted molar refractivity (Wildman–Crippen MR) is 57.5 cm³/mol. The van der Waals surface area contributed by atoms with Gasteiger partial charge >= 0.3 is 0 Å². The van der Waals surface area contributed by atoms with Crippen LogP contribution in [0.1, 0.15) is 36.4 Å². The zero-order valence-corrected chi connectivity index (χ0v) is 9.18. The molecule has 0 aliphatic heterocycles. The van der Waals surface area contributed by atoms with E-state index < -0.39 is 5.54 Å². The van der Waals surface area contributed by atoms with Crippen molar-refractivity contribution in [3.63, 3.8) is 0 Å². The lowest BCUT2D eigenvalue weighted by Gasteiger charge is -2.19. The highest BCUT2D eigenvalue weighted by Gasteiger charge is 2.27. The van der Waals surface area contributed by atoms with E-state index in [0.29, 0.717) is 12.3 Å². The lowest BCUT2D eigenvalue weighted by molar-refractivity contribution is 0.207. The topological polar surface area (TPSA) is 59.1 Å². The summed E-state index contributed by atoms with van der Waals surface area (Å²) in [4.78, 5) is 4.53. The maximum Gasteiger partial charge on any atom is 0.0959 e. The Kier molecular flexibility index (Phi) is 2.60. The Morgan fingerprint density at radius 2 is 2.43 bits per heavy atom. The van der Waals surface area contributed by atoms with Gasteiger partial charge in [0.1, 0.15) is 0 Å². The van der Waals surface area contributed by atoms with Gasteiger partial charge in [-0.2, -0.15) is 0 Å². The highest BCUT2D eigenvalue weighted by molar-refractivity contribution is 7.09. The molecule has 2 rings (SSSR count). The summed E-state index contributed by atoms with van der Waals surface area (Å²) in [6.07, 6.45) is 3.23. The van der Waals surface area contributed by atoms with Crippen molar-refractivity contribution < 1.29 is 5.11 Å².